The van der Waals surface area contributed by atoms with E-state index < -0.39 is 0 Å². The molecule has 0 aliphatic heterocycles. The van der Waals surface area contributed by atoms with Gasteiger partial charge >= 0.3 is 0 Å². The zero-order valence-electron chi connectivity index (χ0n) is 21.6. The molecular weight excluding hydrogens is 376 g/mol. The smallest absolute Gasteiger partial charge is 0.0568 e. The molecule has 1 nitrogen and oxygen atoms in total. The van der Waals surface area contributed by atoms with Gasteiger partial charge in [-0.05, 0) is 117 Å². The van der Waals surface area contributed by atoms with Crippen molar-refractivity contribution in [3.63, 3.8) is 0 Å². The molecule has 0 aromatic rings. The molecule has 9 atom stereocenters. The average molecular weight is 427 g/mol. The summed E-state index contributed by atoms with van der Waals surface area (Å²) in [5.74, 6) is 5.16. The van der Waals surface area contributed by atoms with Crippen molar-refractivity contribution in [2.24, 2.45) is 52.3 Å². The van der Waals surface area contributed by atoms with Crippen LogP contribution < -0.4 is 0 Å². The van der Waals surface area contributed by atoms with Gasteiger partial charge in [-0.1, -0.05) is 64.8 Å². The van der Waals surface area contributed by atoms with E-state index in [1.165, 1.54) is 51.4 Å². The first-order chi connectivity index (χ1) is 14.6. The fourth-order valence-corrected chi connectivity index (χ4v) is 9.28. The maximum atomic E-state index is 10.5. The lowest BCUT2D eigenvalue weighted by Gasteiger charge is -2.59. The molecule has 0 radical (unpaired) electrons. The Balaban J connectivity index is 1.51. The van der Waals surface area contributed by atoms with Crippen LogP contribution in [0.25, 0.3) is 0 Å². The number of rotatable bonds is 5. The summed E-state index contributed by atoms with van der Waals surface area (Å²) in [6.45, 7) is 17.1. The summed E-state index contributed by atoms with van der Waals surface area (Å²) in [6.07, 6.45) is 16.8. The maximum absolute atomic E-state index is 10.5. The van der Waals surface area contributed by atoms with Gasteiger partial charge in [-0.3, -0.25) is 0 Å². The second-order valence-electron chi connectivity index (χ2n) is 12.9. The lowest BCUT2D eigenvalue weighted by Crippen LogP contribution is -2.52. The molecule has 0 saturated heterocycles. The number of hydrogen-bond donors (Lipinski definition) is 1. The van der Waals surface area contributed by atoms with Gasteiger partial charge in [-0.2, -0.15) is 0 Å². The van der Waals surface area contributed by atoms with Gasteiger partial charge in [-0.25, -0.2) is 0 Å². The van der Waals surface area contributed by atoms with Crippen molar-refractivity contribution >= 4 is 0 Å². The van der Waals surface area contributed by atoms with Crippen LogP contribution in [0.2, 0.25) is 0 Å². The van der Waals surface area contributed by atoms with E-state index in [-0.39, 0.29) is 6.10 Å². The minimum atomic E-state index is -0.0773. The maximum Gasteiger partial charge on any atom is 0.0568 e. The van der Waals surface area contributed by atoms with E-state index in [4.69, 9.17) is 0 Å². The monoisotopic (exact) mass is 426 g/mol. The molecule has 0 aromatic heterocycles. The molecular formula is C30H50O. The van der Waals surface area contributed by atoms with Gasteiger partial charge in [0.25, 0.3) is 0 Å². The van der Waals surface area contributed by atoms with Gasteiger partial charge in [0.1, 0.15) is 0 Å². The first-order valence-corrected chi connectivity index (χ1v) is 13.7. The Labute approximate surface area is 193 Å². The minimum Gasteiger partial charge on any atom is -0.393 e. The summed E-state index contributed by atoms with van der Waals surface area (Å²) in [4.78, 5) is 0. The SMILES string of the molecule is C/C=C(/CC[C@H](C)[C@H]1CC[C@H]2C3=CC[C@H]4[C@H](C)[C@@H](O)CC[C@]4(C)[C@H]3CC[C@]12C)C(C)C. The largest absolute Gasteiger partial charge is 0.393 e. The van der Waals surface area contributed by atoms with Gasteiger partial charge in [0.05, 0.1) is 6.10 Å². The van der Waals surface area contributed by atoms with E-state index in [0.717, 1.165) is 30.1 Å². The van der Waals surface area contributed by atoms with Crippen LogP contribution in [0.4, 0.5) is 0 Å². The molecule has 176 valence electrons. The van der Waals surface area contributed by atoms with Crippen LogP contribution in [0.15, 0.2) is 23.3 Å². The third-order valence-electron chi connectivity index (χ3n) is 11.3. The van der Waals surface area contributed by atoms with Crippen LogP contribution in [-0.4, -0.2) is 11.2 Å². The highest BCUT2D eigenvalue weighted by Gasteiger charge is 2.59. The van der Waals surface area contributed by atoms with Crippen LogP contribution in [0.1, 0.15) is 106 Å². The summed E-state index contributed by atoms with van der Waals surface area (Å²) in [6, 6.07) is 0. The Bertz CT molecular complexity index is 716. The summed E-state index contributed by atoms with van der Waals surface area (Å²) in [5.41, 5.74) is 4.45. The Hall–Kier alpha value is -0.560. The van der Waals surface area contributed by atoms with Crippen molar-refractivity contribution in [3.8, 4) is 0 Å². The fourth-order valence-electron chi connectivity index (χ4n) is 9.28. The highest BCUT2D eigenvalue weighted by Crippen LogP contribution is 2.67. The molecule has 4 aliphatic carbocycles. The highest BCUT2D eigenvalue weighted by molar-refractivity contribution is 5.28. The van der Waals surface area contributed by atoms with Gasteiger partial charge in [0.2, 0.25) is 0 Å². The molecule has 4 rings (SSSR count). The Kier molecular flexibility index (Phi) is 6.59. The molecule has 31 heavy (non-hydrogen) atoms. The molecule has 3 fully saturated rings. The zero-order chi connectivity index (χ0) is 22.6. The van der Waals surface area contributed by atoms with Crippen LogP contribution in [-0.2, 0) is 0 Å². The van der Waals surface area contributed by atoms with Crippen molar-refractivity contribution in [2.75, 3.05) is 0 Å². The second kappa shape index (κ2) is 8.66. The molecule has 0 unspecified atom stereocenters. The van der Waals surface area contributed by atoms with Crippen LogP contribution in [0.5, 0.6) is 0 Å². The van der Waals surface area contributed by atoms with Gasteiger partial charge in [0, 0.05) is 0 Å². The molecule has 1 heteroatoms. The minimum absolute atomic E-state index is 0.0773. The first-order valence-electron chi connectivity index (χ1n) is 13.7. The quantitative estimate of drug-likeness (QED) is 0.439. The summed E-state index contributed by atoms with van der Waals surface area (Å²) >= 11 is 0. The number of aliphatic hydroxyl groups is 1. The van der Waals surface area contributed by atoms with Crippen LogP contribution >= 0.6 is 0 Å². The predicted molar refractivity (Wildman–Crippen MR) is 133 cm³/mol. The summed E-state index contributed by atoms with van der Waals surface area (Å²) in [5, 5.41) is 10.5. The van der Waals surface area contributed by atoms with Crippen molar-refractivity contribution in [1.82, 2.24) is 0 Å². The standard InChI is InChI=1S/C30H50O/c1-8-22(19(2)3)10-9-20(4)24-13-14-26-23-11-12-25-21(5)28(31)16-18-30(25,7)27(23)15-17-29(24,26)6/h8,11,19-21,24-28,31H,9-10,12-18H2,1-7H3/b22-8-/t20-,21-,24+,25-,26-,27-,28-,29+,30-/m0/s1. The van der Waals surface area contributed by atoms with E-state index in [1.54, 1.807) is 5.57 Å². The Morgan fingerprint density at radius 1 is 1.06 bits per heavy atom. The lowest BCUT2D eigenvalue weighted by molar-refractivity contribution is -0.0773. The average Bonchev–Trinajstić information content (AvgIpc) is 3.08. The lowest BCUT2D eigenvalue weighted by atomic mass is 9.46. The third kappa shape index (κ3) is 3.79. The van der Waals surface area contributed by atoms with Crippen molar-refractivity contribution in [1.29, 1.82) is 0 Å². The number of hydrogen-bond acceptors (Lipinski definition) is 1. The van der Waals surface area contributed by atoms with E-state index in [9.17, 15) is 5.11 Å². The fraction of sp³-hybridized carbons (Fsp3) is 0.867. The number of allylic oxidation sites excluding steroid dienone is 4. The number of aliphatic hydroxyl groups excluding tert-OH is 1. The van der Waals surface area contributed by atoms with E-state index in [2.05, 4.69) is 60.6 Å². The summed E-state index contributed by atoms with van der Waals surface area (Å²) < 4.78 is 0. The van der Waals surface area contributed by atoms with E-state index >= 15 is 0 Å². The molecule has 4 aliphatic rings. The second-order valence-corrected chi connectivity index (χ2v) is 12.9. The van der Waals surface area contributed by atoms with Crippen molar-refractivity contribution in [2.45, 2.75) is 112 Å². The van der Waals surface area contributed by atoms with Crippen LogP contribution in [0.3, 0.4) is 0 Å². The van der Waals surface area contributed by atoms with E-state index in [0.29, 0.717) is 28.6 Å². The summed E-state index contributed by atoms with van der Waals surface area (Å²) in [7, 11) is 0. The van der Waals surface area contributed by atoms with Gasteiger partial charge in [0.15, 0.2) is 0 Å². The molecule has 0 amide bonds. The van der Waals surface area contributed by atoms with E-state index in [1.807, 2.05) is 5.57 Å². The predicted octanol–water partition coefficient (Wildman–Crippen LogP) is 8.19. The topological polar surface area (TPSA) is 20.2 Å². The molecule has 0 heterocycles. The molecule has 0 bridgehead atoms. The highest BCUT2D eigenvalue weighted by atomic mass is 16.3. The molecule has 1 N–H and O–H groups in total. The Morgan fingerprint density at radius 2 is 1.74 bits per heavy atom. The number of fused-ring (bicyclic) bond motifs is 5. The first kappa shape index (κ1) is 23.6. The molecule has 3 saturated carbocycles. The third-order valence-corrected chi connectivity index (χ3v) is 11.3. The molecule has 0 aromatic carbocycles. The normalized spacial score (nSPS) is 46.2. The van der Waals surface area contributed by atoms with Crippen molar-refractivity contribution < 1.29 is 5.11 Å². The van der Waals surface area contributed by atoms with Gasteiger partial charge < -0.3 is 5.11 Å². The Morgan fingerprint density at radius 3 is 2.42 bits per heavy atom. The molecule has 0 spiro atoms. The van der Waals surface area contributed by atoms with Crippen LogP contribution in [0, 0.1) is 52.3 Å². The van der Waals surface area contributed by atoms with Crippen molar-refractivity contribution in [3.05, 3.63) is 23.3 Å². The van der Waals surface area contributed by atoms with Gasteiger partial charge in [-0.15, -0.1) is 0 Å². The zero-order valence-corrected chi connectivity index (χ0v) is 21.6.